The van der Waals surface area contributed by atoms with E-state index in [1.807, 2.05) is 0 Å². The number of aromatic nitrogens is 1. The minimum Gasteiger partial charge on any atom is -0.364 e. The van der Waals surface area contributed by atoms with Crippen LogP contribution in [-0.4, -0.2) is 25.0 Å². The van der Waals surface area contributed by atoms with Crippen LogP contribution in [-0.2, 0) is 17.9 Å². The summed E-state index contributed by atoms with van der Waals surface area (Å²) >= 11 is 0. The predicted octanol–water partition coefficient (Wildman–Crippen LogP) is 1.47. The van der Waals surface area contributed by atoms with Crippen molar-refractivity contribution in [3.63, 3.8) is 0 Å². The Morgan fingerprint density at radius 3 is 2.87 bits per heavy atom. The molecule has 86 valence electrons. The van der Waals surface area contributed by atoms with Gasteiger partial charge < -0.3 is 14.6 Å². The second-order valence-corrected chi connectivity index (χ2v) is 2.92. The van der Waals surface area contributed by atoms with Gasteiger partial charge in [0.15, 0.2) is 5.76 Å². The van der Waals surface area contributed by atoms with Crippen LogP contribution in [0.2, 0.25) is 0 Å². The number of alkyl halides is 3. The molecule has 0 amide bonds. The molecule has 1 heterocycles. The largest absolute Gasteiger partial charge is 0.411 e. The predicted molar refractivity (Wildman–Crippen MR) is 45.0 cm³/mol. The van der Waals surface area contributed by atoms with E-state index in [1.165, 1.54) is 0 Å². The third-order valence-electron chi connectivity index (χ3n) is 1.48. The second-order valence-electron chi connectivity index (χ2n) is 2.92. The van der Waals surface area contributed by atoms with E-state index in [9.17, 15) is 13.2 Å². The smallest absolute Gasteiger partial charge is 0.364 e. The maximum atomic E-state index is 11.7. The lowest BCUT2D eigenvalue weighted by molar-refractivity contribution is -0.177. The number of nitrogens with one attached hydrogen (secondary N) is 1. The zero-order valence-corrected chi connectivity index (χ0v) is 8.10. The molecule has 0 aliphatic heterocycles. The Bertz CT molecular complexity index is 298. The Kier molecular flexibility index (Phi) is 4.10. The molecule has 0 aromatic carbocycles. The molecule has 1 aromatic rings. The SMILES string of the molecule is CNCc1cc(COCC(F)(F)F)on1. The molecular formula is C8H11F3N2O2. The molecule has 0 saturated heterocycles. The van der Waals surface area contributed by atoms with Crippen LogP contribution in [0, 0.1) is 0 Å². The molecule has 0 radical (unpaired) electrons. The summed E-state index contributed by atoms with van der Waals surface area (Å²) in [5.41, 5.74) is 0.628. The minimum absolute atomic E-state index is 0.226. The fourth-order valence-corrected chi connectivity index (χ4v) is 0.956. The van der Waals surface area contributed by atoms with Crippen molar-refractivity contribution >= 4 is 0 Å². The average Bonchev–Trinajstić information content (AvgIpc) is 2.51. The van der Waals surface area contributed by atoms with Gasteiger partial charge in [-0.15, -0.1) is 0 Å². The minimum atomic E-state index is -4.31. The molecule has 0 unspecified atom stereocenters. The van der Waals surface area contributed by atoms with Crippen molar-refractivity contribution in [2.45, 2.75) is 19.3 Å². The molecule has 1 aromatic heterocycles. The molecule has 0 atom stereocenters. The lowest BCUT2D eigenvalue weighted by Crippen LogP contribution is -2.16. The molecule has 15 heavy (non-hydrogen) atoms. The van der Waals surface area contributed by atoms with Crippen LogP contribution in [0.25, 0.3) is 0 Å². The molecule has 7 heteroatoms. The molecule has 0 bridgehead atoms. The zero-order valence-electron chi connectivity index (χ0n) is 8.10. The number of halogens is 3. The number of nitrogens with zero attached hydrogens (tertiary/aromatic N) is 1. The molecule has 0 fully saturated rings. The van der Waals surface area contributed by atoms with Crippen molar-refractivity contribution in [3.8, 4) is 0 Å². The van der Waals surface area contributed by atoms with Gasteiger partial charge in [-0.2, -0.15) is 13.2 Å². The van der Waals surface area contributed by atoms with Crippen LogP contribution in [0.15, 0.2) is 10.6 Å². The number of ether oxygens (including phenoxy) is 1. The van der Waals surface area contributed by atoms with E-state index in [-0.39, 0.29) is 12.4 Å². The number of hydrogen-bond acceptors (Lipinski definition) is 4. The van der Waals surface area contributed by atoms with E-state index >= 15 is 0 Å². The molecule has 0 saturated carbocycles. The van der Waals surface area contributed by atoms with Gasteiger partial charge in [-0.1, -0.05) is 5.16 Å². The highest BCUT2D eigenvalue weighted by molar-refractivity contribution is 5.03. The first-order valence-electron chi connectivity index (χ1n) is 4.25. The topological polar surface area (TPSA) is 47.3 Å². The summed E-state index contributed by atoms with van der Waals surface area (Å²) in [6.45, 7) is -1.01. The van der Waals surface area contributed by atoms with E-state index in [0.717, 1.165) is 0 Å². The Morgan fingerprint density at radius 2 is 2.27 bits per heavy atom. The third-order valence-corrected chi connectivity index (χ3v) is 1.48. The van der Waals surface area contributed by atoms with Crippen LogP contribution in [0.3, 0.4) is 0 Å². The van der Waals surface area contributed by atoms with Gasteiger partial charge in [0, 0.05) is 12.6 Å². The van der Waals surface area contributed by atoms with Crippen LogP contribution in [0.5, 0.6) is 0 Å². The third kappa shape index (κ3) is 4.80. The van der Waals surface area contributed by atoms with Gasteiger partial charge in [0.05, 0.1) is 5.69 Å². The normalized spacial score (nSPS) is 12.0. The van der Waals surface area contributed by atoms with Gasteiger partial charge in [-0.3, -0.25) is 0 Å². The number of rotatable bonds is 5. The van der Waals surface area contributed by atoms with Crippen molar-refractivity contribution < 1.29 is 22.4 Å². The van der Waals surface area contributed by atoms with E-state index in [4.69, 9.17) is 4.52 Å². The van der Waals surface area contributed by atoms with Gasteiger partial charge in [0.25, 0.3) is 0 Å². The second kappa shape index (κ2) is 5.13. The Morgan fingerprint density at radius 1 is 1.53 bits per heavy atom. The monoisotopic (exact) mass is 224 g/mol. The van der Waals surface area contributed by atoms with E-state index < -0.39 is 12.8 Å². The number of hydrogen-bond donors (Lipinski definition) is 1. The summed E-state index contributed by atoms with van der Waals surface area (Å²) in [6.07, 6.45) is -4.31. The maximum absolute atomic E-state index is 11.7. The van der Waals surface area contributed by atoms with Crippen molar-refractivity contribution in [3.05, 3.63) is 17.5 Å². The van der Waals surface area contributed by atoms with Crippen LogP contribution in [0.4, 0.5) is 13.2 Å². The fourth-order valence-electron chi connectivity index (χ4n) is 0.956. The molecular weight excluding hydrogens is 213 g/mol. The first-order chi connectivity index (χ1) is 7.01. The Hall–Kier alpha value is -1.08. The van der Waals surface area contributed by atoms with Crippen molar-refractivity contribution in [1.29, 1.82) is 0 Å². The van der Waals surface area contributed by atoms with Gasteiger partial charge in [0.2, 0.25) is 0 Å². The summed E-state index contributed by atoms with van der Waals surface area (Å²) in [5.74, 6) is 0.282. The molecule has 0 aliphatic rings. The summed E-state index contributed by atoms with van der Waals surface area (Å²) in [6, 6.07) is 1.55. The molecule has 0 aliphatic carbocycles. The highest BCUT2D eigenvalue weighted by Crippen LogP contribution is 2.15. The van der Waals surface area contributed by atoms with E-state index in [1.54, 1.807) is 13.1 Å². The van der Waals surface area contributed by atoms with Gasteiger partial charge in [0.1, 0.15) is 13.2 Å². The fraction of sp³-hybridized carbons (Fsp3) is 0.625. The average molecular weight is 224 g/mol. The lowest BCUT2D eigenvalue weighted by Gasteiger charge is -2.04. The summed E-state index contributed by atoms with van der Waals surface area (Å²) < 4.78 is 44.3. The first kappa shape index (κ1) is 12.0. The van der Waals surface area contributed by atoms with Gasteiger partial charge in [-0.25, -0.2) is 0 Å². The Balaban J connectivity index is 2.31. The summed E-state index contributed by atoms with van der Waals surface area (Å²) in [5, 5.41) is 6.46. The molecule has 1 N–H and O–H groups in total. The Labute approximate surface area is 84.4 Å². The van der Waals surface area contributed by atoms with Crippen molar-refractivity contribution in [2.75, 3.05) is 13.7 Å². The van der Waals surface area contributed by atoms with Crippen molar-refractivity contribution in [1.82, 2.24) is 10.5 Å². The van der Waals surface area contributed by atoms with Crippen LogP contribution < -0.4 is 5.32 Å². The summed E-state index contributed by atoms with van der Waals surface area (Å²) in [7, 11) is 1.73. The standard InChI is InChI=1S/C8H11F3N2O2/c1-12-3-6-2-7(15-13-6)4-14-5-8(9,10)11/h2,12H,3-5H2,1H3. The lowest BCUT2D eigenvalue weighted by atomic mass is 10.4. The maximum Gasteiger partial charge on any atom is 0.411 e. The van der Waals surface area contributed by atoms with E-state index in [0.29, 0.717) is 12.2 Å². The molecule has 0 spiro atoms. The highest BCUT2D eigenvalue weighted by Gasteiger charge is 2.27. The summed E-state index contributed by atoms with van der Waals surface area (Å²) in [4.78, 5) is 0. The van der Waals surface area contributed by atoms with Crippen LogP contribution >= 0.6 is 0 Å². The van der Waals surface area contributed by atoms with E-state index in [2.05, 4.69) is 15.2 Å². The highest BCUT2D eigenvalue weighted by atomic mass is 19.4. The van der Waals surface area contributed by atoms with Crippen molar-refractivity contribution in [2.24, 2.45) is 0 Å². The van der Waals surface area contributed by atoms with Gasteiger partial charge in [-0.05, 0) is 7.05 Å². The molecule has 4 nitrogen and oxygen atoms in total. The quantitative estimate of drug-likeness (QED) is 0.822. The van der Waals surface area contributed by atoms with Crippen LogP contribution in [0.1, 0.15) is 11.5 Å². The zero-order chi connectivity index (χ0) is 11.3. The molecule has 1 rings (SSSR count). The van der Waals surface area contributed by atoms with Gasteiger partial charge >= 0.3 is 6.18 Å². The first-order valence-corrected chi connectivity index (χ1v) is 4.25.